The summed E-state index contributed by atoms with van der Waals surface area (Å²) >= 11 is 1.44. The van der Waals surface area contributed by atoms with Crippen LogP contribution in [-0.4, -0.2) is 59.6 Å². The number of nitrogens with zero attached hydrogens (tertiary/aromatic N) is 1. The lowest BCUT2D eigenvalue weighted by Crippen LogP contribution is -2.43. The van der Waals surface area contributed by atoms with Gasteiger partial charge in [0.1, 0.15) is 12.7 Å². The Bertz CT molecular complexity index is 889. The quantitative estimate of drug-likeness (QED) is 0.0604. The number of carbonyl (C=O) groups is 3. The van der Waals surface area contributed by atoms with Gasteiger partial charge in [-0.1, -0.05) is 117 Å². The first kappa shape index (κ1) is 41.9. The number of pyridine rings is 1. The van der Waals surface area contributed by atoms with Gasteiger partial charge < -0.3 is 20.5 Å². The molecule has 0 bridgehead atoms. The highest BCUT2D eigenvalue weighted by Crippen LogP contribution is 2.14. The highest BCUT2D eigenvalue weighted by molar-refractivity contribution is 7.99. The molecule has 264 valence electrons. The van der Waals surface area contributed by atoms with E-state index in [2.05, 4.69) is 24.1 Å². The summed E-state index contributed by atoms with van der Waals surface area (Å²) in [4.78, 5) is 41.5. The lowest BCUT2D eigenvalue weighted by Gasteiger charge is -2.19. The molecule has 0 unspecified atom stereocenters. The number of amides is 1. The van der Waals surface area contributed by atoms with Crippen molar-refractivity contribution in [1.82, 2.24) is 10.3 Å². The number of aromatic nitrogens is 1. The lowest BCUT2D eigenvalue weighted by atomic mass is 10.1. The summed E-state index contributed by atoms with van der Waals surface area (Å²) in [6.45, 7) is 4.98. The van der Waals surface area contributed by atoms with E-state index in [-0.39, 0.29) is 24.5 Å². The smallest absolute Gasteiger partial charge is 0.306 e. The van der Waals surface area contributed by atoms with Crippen LogP contribution in [0.1, 0.15) is 148 Å². The van der Waals surface area contributed by atoms with Crippen LogP contribution in [0, 0.1) is 0 Å². The van der Waals surface area contributed by atoms with Crippen molar-refractivity contribution in [2.24, 2.45) is 5.73 Å². The van der Waals surface area contributed by atoms with Crippen LogP contribution >= 0.6 is 11.8 Å². The van der Waals surface area contributed by atoms with E-state index >= 15 is 0 Å². The molecule has 3 N–H and O–H groups in total. The van der Waals surface area contributed by atoms with Crippen LogP contribution in [0.2, 0.25) is 0 Å². The molecular weight excluding hydrogens is 598 g/mol. The van der Waals surface area contributed by atoms with Gasteiger partial charge in [-0.05, 0) is 37.0 Å². The summed E-state index contributed by atoms with van der Waals surface area (Å²) in [6.07, 6.45) is 25.6. The van der Waals surface area contributed by atoms with Crippen LogP contribution in [0.5, 0.6) is 0 Å². The number of hydrogen-bond donors (Lipinski definition) is 2. The molecule has 0 radical (unpaired) electrons. The number of rotatable bonds is 31. The maximum absolute atomic E-state index is 12.6. The van der Waals surface area contributed by atoms with E-state index in [0.29, 0.717) is 37.3 Å². The van der Waals surface area contributed by atoms with Gasteiger partial charge in [-0.25, -0.2) is 0 Å². The minimum atomic E-state index is -0.685. The van der Waals surface area contributed by atoms with E-state index in [4.69, 9.17) is 15.2 Å². The maximum atomic E-state index is 12.6. The van der Waals surface area contributed by atoms with E-state index < -0.39 is 12.1 Å². The number of hydrogen-bond acceptors (Lipinski definition) is 8. The zero-order valence-electron chi connectivity index (χ0n) is 29.1. The molecule has 0 aromatic carbocycles. The van der Waals surface area contributed by atoms with Gasteiger partial charge in [-0.3, -0.25) is 19.4 Å². The number of unbranched alkanes of at least 4 members (excludes halogenated alkanes) is 16. The number of ether oxygens (including phenoxy) is 2. The Morgan fingerprint density at radius 3 is 1.78 bits per heavy atom. The molecule has 2 atom stereocenters. The average molecular weight is 664 g/mol. The highest BCUT2D eigenvalue weighted by atomic mass is 32.2. The third kappa shape index (κ3) is 25.0. The Balaban J connectivity index is 2.38. The normalized spacial score (nSPS) is 12.4. The molecule has 0 aliphatic heterocycles. The predicted molar refractivity (Wildman–Crippen MR) is 191 cm³/mol. The van der Waals surface area contributed by atoms with Crippen molar-refractivity contribution in [3.8, 4) is 0 Å². The minimum Gasteiger partial charge on any atom is -0.462 e. The number of thioether (sulfide) groups is 1. The molecule has 46 heavy (non-hydrogen) atoms. The largest absolute Gasteiger partial charge is 0.462 e. The van der Waals surface area contributed by atoms with Crippen molar-refractivity contribution in [1.29, 1.82) is 0 Å². The van der Waals surface area contributed by atoms with Crippen molar-refractivity contribution in [2.75, 3.05) is 24.7 Å². The molecule has 9 heteroatoms. The SMILES string of the molecule is CCCCCCCCCCCC(=O)OC[C@H](CSC[C@H](N)C(=O)NCCc1ccncc1)OC(=O)CCCCCCCCCCC. The van der Waals surface area contributed by atoms with Crippen molar-refractivity contribution in [3.05, 3.63) is 30.1 Å². The van der Waals surface area contributed by atoms with Gasteiger partial charge in [0, 0.05) is 43.3 Å². The first-order chi connectivity index (χ1) is 22.5. The predicted octanol–water partition coefficient (Wildman–Crippen LogP) is 8.10. The summed E-state index contributed by atoms with van der Waals surface area (Å²) in [6, 6.07) is 3.15. The second-order valence-electron chi connectivity index (χ2n) is 12.5. The van der Waals surface area contributed by atoms with Crippen LogP contribution in [0.25, 0.3) is 0 Å². The Labute approximate surface area is 284 Å². The van der Waals surface area contributed by atoms with Gasteiger partial charge in [-0.15, -0.1) is 0 Å². The zero-order valence-corrected chi connectivity index (χ0v) is 29.9. The Kier molecular flexibility index (Phi) is 27.5. The molecule has 1 rings (SSSR count). The van der Waals surface area contributed by atoms with E-state index in [0.717, 1.165) is 44.1 Å². The van der Waals surface area contributed by atoms with Gasteiger partial charge in [0.05, 0.1) is 6.04 Å². The fourth-order valence-corrected chi connectivity index (χ4v) is 6.16. The van der Waals surface area contributed by atoms with Crippen molar-refractivity contribution < 1.29 is 23.9 Å². The lowest BCUT2D eigenvalue weighted by molar-refractivity contribution is -0.157. The van der Waals surface area contributed by atoms with Crippen LogP contribution in [0.4, 0.5) is 0 Å². The van der Waals surface area contributed by atoms with Crippen molar-refractivity contribution in [2.45, 2.75) is 161 Å². The standard InChI is InChI=1S/C37H65N3O5S/c1-3-5-7-9-11-13-15-17-19-21-35(41)44-29-33(45-36(42)22-20-18-16-14-12-10-8-6-4-2)30-46-31-34(38)37(43)40-28-25-32-23-26-39-27-24-32/h23-24,26-27,33-34H,3-22,25,28-31,38H2,1-2H3,(H,40,43)/t33-,34+/m1/s1. The molecule has 0 fully saturated rings. The molecule has 1 aromatic heterocycles. The first-order valence-electron chi connectivity index (χ1n) is 18.3. The van der Waals surface area contributed by atoms with E-state index in [9.17, 15) is 14.4 Å². The summed E-state index contributed by atoms with van der Waals surface area (Å²) in [5.41, 5.74) is 7.22. The van der Waals surface area contributed by atoms with E-state index in [1.807, 2.05) is 12.1 Å². The monoisotopic (exact) mass is 663 g/mol. The van der Waals surface area contributed by atoms with Gasteiger partial charge in [-0.2, -0.15) is 11.8 Å². The van der Waals surface area contributed by atoms with Crippen LogP contribution in [0.3, 0.4) is 0 Å². The molecule has 0 saturated heterocycles. The minimum absolute atomic E-state index is 0.0279. The Hall–Kier alpha value is -2.13. The summed E-state index contributed by atoms with van der Waals surface area (Å²) in [5.74, 6) is 0.0554. The molecule has 1 amide bonds. The van der Waals surface area contributed by atoms with Crippen molar-refractivity contribution >= 4 is 29.6 Å². The van der Waals surface area contributed by atoms with Crippen LogP contribution in [-0.2, 0) is 30.3 Å². The van der Waals surface area contributed by atoms with Gasteiger partial charge in [0.15, 0.2) is 0 Å². The first-order valence-corrected chi connectivity index (χ1v) is 19.5. The number of nitrogens with one attached hydrogen (secondary N) is 1. The number of esters is 2. The Morgan fingerprint density at radius 1 is 0.739 bits per heavy atom. The van der Waals surface area contributed by atoms with E-state index in [1.165, 1.54) is 88.8 Å². The van der Waals surface area contributed by atoms with Gasteiger partial charge in [0.25, 0.3) is 0 Å². The molecule has 0 saturated carbocycles. The molecule has 8 nitrogen and oxygen atoms in total. The zero-order chi connectivity index (χ0) is 33.5. The average Bonchev–Trinajstić information content (AvgIpc) is 3.06. The topological polar surface area (TPSA) is 121 Å². The molecule has 1 heterocycles. The number of nitrogens with two attached hydrogens (primary N) is 1. The molecule has 1 aromatic rings. The molecule has 0 aliphatic carbocycles. The maximum Gasteiger partial charge on any atom is 0.306 e. The fourth-order valence-electron chi connectivity index (χ4n) is 5.19. The summed E-state index contributed by atoms with van der Waals surface area (Å²) in [7, 11) is 0. The van der Waals surface area contributed by atoms with Gasteiger partial charge in [0.2, 0.25) is 5.91 Å². The second kappa shape index (κ2) is 30.2. The number of carbonyl (C=O) groups excluding carboxylic acids is 3. The summed E-state index contributed by atoms with van der Waals surface area (Å²) in [5, 5.41) is 2.88. The van der Waals surface area contributed by atoms with Gasteiger partial charge >= 0.3 is 11.9 Å². The van der Waals surface area contributed by atoms with Crippen LogP contribution < -0.4 is 11.1 Å². The molecular formula is C37H65N3O5S. The second-order valence-corrected chi connectivity index (χ2v) is 13.6. The third-order valence-corrected chi connectivity index (χ3v) is 9.30. The Morgan fingerprint density at radius 2 is 1.24 bits per heavy atom. The van der Waals surface area contributed by atoms with Crippen molar-refractivity contribution in [3.63, 3.8) is 0 Å². The summed E-state index contributed by atoms with van der Waals surface area (Å²) < 4.78 is 11.3. The third-order valence-electron chi connectivity index (χ3n) is 8.10. The van der Waals surface area contributed by atoms with Crippen LogP contribution in [0.15, 0.2) is 24.5 Å². The molecule has 0 aliphatic rings. The highest BCUT2D eigenvalue weighted by Gasteiger charge is 2.20. The fraction of sp³-hybridized carbons (Fsp3) is 0.784. The molecule has 0 spiro atoms. The van der Waals surface area contributed by atoms with E-state index in [1.54, 1.807) is 12.4 Å².